The van der Waals surface area contributed by atoms with Gasteiger partial charge in [0, 0.05) is 11.3 Å². The van der Waals surface area contributed by atoms with E-state index < -0.39 is 17.0 Å². The predicted octanol–water partition coefficient (Wildman–Crippen LogP) is 4.62. The van der Waals surface area contributed by atoms with E-state index in [0.29, 0.717) is 5.75 Å². The SMILES string of the molecule is CC(C(C)(C)C)C(Oc1ccccc1)(C(=O)O)C(C)(C)C. The van der Waals surface area contributed by atoms with Crippen LogP contribution in [-0.4, -0.2) is 16.7 Å². The molecule has 21 heavy (non-hydrogen) atoms. The topological polar surface area (TPSA) is 46.5 Å². The summed E-state index contributed by atoms with van der Waals surface area (Å²) in [5.74, 6) is -0.505. The third-order valence-electron chi connectivity index (χ3n) is 4.36. The highest BCUT2D eigenvalue weighted by Gasteiger charge is 2.58. The van der Waals surface area contributed by atoms with Crippen molar-refractivity contribution in [3.05, 3.63) is 30.3 Å². The molecular formula is C18H28O3. The number of aliphatic carboxylic acids is 1. The minimum absolute atomic E-state index is 0.178. The number of carbonyl (C=O) groups is 1. The van der Waals surface area contributed by atoms with Crippen LogP contribution in [0.1, 0.15) is 48.5 Å². The fourth-order valence-electron chi connectivity index (χ4n) is 2.72. The zero-order valence-corrected chi connectivity index (χ0v) is 14.2. The Labute approximate surface area is 128 Å². The second-order valence-corrected chi connectivity index (χ2v) is 7.79. The van der Waals surface area contributed by atoms with Crippen LogP contribution < -0.4 is 4.74 Å². The van der Waals surface area contributed by atoms with Crippen LogP contribution in [0.25, 0.3) is 0 Å². The highest BCUT2D eigenvalue weighted by molar-refractivity contribution is 5.79. The van der Waals surface area contributed by atoms with Crippen LogP contribution in [0.5, 0.6) is 5.75 Å². The summed E-state index contributed by atoms with van der Waals surface area (Å²) in [6.07, 6.45) is 0. The summed E-state index contributed by atoms with van der Waals surface area (Å²) in [5.41, 5.74) is -2.05. The Bertz CT molecular complexity index is 479. The van der Waals surface area contributed by atoms with E-state index in [4.69, 9.17) is 4.74 Å². The van der Waals surface area contributed by atoms with Gasteiger partial charge in [0.15, 0.2) is 0 Å². The lowest BCUT2D eigenvalue weighted by molar-refractivity contribution is -0.181. The molecule has 3 heteroatoms. The molecule has 1 rings (SSSR count). The van der Waals surface area contributed by atoms with Gasteiger partial charge in [-0.3, -0.25) is 0 Å². The number of carboxylic acids is 1. The number of ether oxygens (including phenoxy) is 1. The molecule has 0 aromatic heterocycles. The molecule has 1 N–H and O–H groups in total. The van der Waals surface area contributed by atoms with E-state index in [2.05, 4.69) is 20.8 Å². The van der Waals surface area contributed by atoms with Crippen molar-refractivity contribution in [2.45, 2.75) is 54.1 Å². The summed E-state index contributed by atoms with van der Waals surface area (Å²) in [7, 11) is 0. The predicted molar refractivity (Wildman–Crippen MR) is 85.5 cm³/mol. The third-order valence-corrected chi connectivity index (χ3v) is 4.36. The van der Waals surface area contributed by atoms with Crippen molar-refractivity contribution >= 4 is 5.97 Å². The van der Waals surface area contributed by atoms with Gasteiger partial charge < -0.3 is 9.84 Å². The lowest BCUT2D eigenvalue weighted by Crippen LogP contribution is -2.62. The van der Waals surface area contributed by atoms with Crippen LogP contribution in [-0.2, 0) is 4.79 Å². The molecule has 1 aromatic rings. The van der Waals surface area contributed by atoms with E-state index in [1.165, 1.54) is 0 Å². The van der Waals surface area contributed by atoms with Gasteiger partial charge in [-0.25, -0.2) is 4.79 Å². The molecule has 0 radical (unpaired) electrons. The van der Waals surface area contributed by atoms with Crippen LogP contribution in [0.3, 0.4) is 0 Å². The van der Waals surface area contributed by atoms with Crippen molar-refractivity contribution in [1.82, 2.24) is 0 Å². The minimum Gasteiger partial charge on any atom is -0.478 e. The molecule has 2 unspecified atom stereocenters. The normalized spacial score (nSPS) is 16.9. The summed E-state index contributed by atoms with van der Waals surface area (Å²) >= 11 is 0. The first-order valence-corrected chi connectivity index (χ1v) is 7.40. The van der Waals surface area contributed by atoms with Gasteiger partial charge in [-0.15, -0.1) is 0 Å². The molecule has 0 spiro atoms. The molecule has 3 nitrogen and oxygen atoms in total. The van der Waals surface area contributed by atoms with E-state index in [1.54, 1.807) is 12.1 Å². The van der Waals surface area contributed by atoms with E-state index in [9.17, 15) is 9.90 Å². The summed E-state index contributed by atoms with van der Waals surface area (Å²) in [5, 5.41) is 10.0. The molecule has 0 aliphatic carbocycles. The van der Waals surface area contributed by atoms with Crippen molar-refractivity contribution < 1.29 is 14.6 Å². The molecule has 1 aromatic carbocycles. The number of hydrogen-bond acceptors (Lipinski definition) is 2. The highest BCUT2D eigenvalue weighted by Crippen LogP contribution is 2.47. The van der Waals surface area contributed by atoms with E-state index in [1.807, 2.05) is 45.9 Å². The monoisotopic (exact) mass is 292 g/mol. The molecule has 0 aliphatic rings. The number of hydrogen-bond donors (Lipinski definition) is 1. The van der Waals surface area contributed by atoms with Gasteiger partial charge in [0.2, 0.25) is 5.60 Å². The number of carboxylic acid groups (broad SMARTS) is 1. The fourth-order valence-corrected chi connectivity index (χ4v) is 2.72. The lowest BCUT2D eigenvalue weighted by Gasteiger charge is -2.49. The molecule has 0 bridgehead atoms. The van der Waals surface area contributed by atoms with Gasteiger partial charge in [0.1, 0.15) is 5.75 Å². The Morgan fingerprint density at radius 3 is 1.86 bits per heavy atom. The maximum absolute atomic E-state index is 12.2. The van der Waals surface area contributed by atoms with Crippen molar-refractivity contribution in [2.24, 2.45) is 16.7 Å². The number of para-hydroxylation sites is 1. The molecule has 0 aliphatic heterocycles. The van der Waals surface area contributed by atoms with Crippen molar-refractivity contribution in [1.29, 1.82) is 0 Å². The largest absolute Gasteiger partial charge is 0.478 e. The smallest absolute Gasteiger partial charge is 0.348 e. The van der Waals surface area contributed by atoms with E-state index >= 15 is 0 Å². The van der Waals surface area contributed by atoms with Crippen molar-refractivity contribution in [2.75, 3.05) is 0 Å². The zero-order chi connectivity index (χ0) is 16.5. The Morgan fingerprint density at radius 1 is 1.05 bits per heavy atom. The lowest BCUT2D eigenvalue weighted by atomic mass is 9.61. The van der Waals surface area contributed by atoms with Gasteiger partial charge in [0.05, 0.1) is 0 Å². The van der Waals surface area contributed by atoms with Gasteiger partial charge in [-0.1, -0.05) is 66.7 Å². The average Bonchev–Trinajstić information content (AvgIpc) is 2.33. The van der Waals surface area contributed by atoms with Crippen molar-refractivity contribution in [3.8, 4) is 5.75 Å². The second kappa shape index (κ2) is 5.70. The minimum atomic E-state index is -1.30. The first-order chi connectivity index (χ1) is 9.43. The van der Waals surface area contributed by atoms with Crippen molar-refractivity contribution in [3.63, 3.8) is 0 Å². The molecule has 0 fully saturated rings. The van der Waals surface area contributed by atoms with Gasteiger partial charge in [0.25, 0.3) is 0 Å². The van der Waals surface area contributed by atoms with Gasteiger partial charge in [-0.2, -0.15) is 0 Å². The van der Waals surface area contributed by atoms with Crippen LogP contribution in [0.15, 0.2) is 30.3 Å². The molecular weight excluding hydrogens is 264 g/mol. The maximum atomic E-state index is 12.2. The quantitative estimate of drug-likeness (QED) is 0.881. The Balaban J connectivity index is 3.44. The van der Waals surface area contributed by atoms with Gasteiger partial charge in [-0.05, 0) is 17.5 Å². The first kappa shape index (κ1) is 17.5. The summed E-state index contributed by atoms with van der Waals surface area (Å²) in [4.78, 5) is 12.2. The summed E-state index contributed by atoms with van der Waals surface area (Å²) in [6.45, 7) is 13.9. The van der Waals surface area contributed by atoms with Crippen LogP contribution in [0.2, 0.25) is 0 Å². The maximum Gasteiger partial charge on any atom is 0.348 e. The highest BCUT2D eigenvalue weighted by atomic mass is 16.5. The molecule has 2 atom stereocenters. The third kappa shape index (κ3) is 3.39. The summed E-state index contributed by atoms with van der Waals surface area (Å²) in [6, 6.07) is 9.20. The van der Waals surface area contributed by atoms with Crippen LogP contribution in [0, 0.1) is 16.7 Å². The van der Waals surface area contributed by atoms with Crippen LogP contribution >= 0.6 is 0 Å². The molecule has 0 heterocycles. The summed E-state index contributed by atoms with van der Waals surface area (Å²) < 4.78 is 6.12. The van der Waals surface area contributed by atoms with E-state index in [0.717, 1.165) is 0 Å². The standard InChI is InChI=1S/C18H28O3/c1-13(16(2,3)4)18(15(19)20,17(5,6)7)21-14-11-9-8-10-12-14/h8-13H,1-7H3,(H,19,20). The average molecular weight is 292 g/mol. The van der Waals surface area contributed by atoms with E-state index in [-0.39, 0.29) is 11.3 Å². The number of benzene rings is 1. The second-order valence-electron chi connectivity index (χ2n) is 7.79. The molecule has 0 saturated heterocycles. The Kier molecular flexibility index (Phi) is 4.76. The fraction of sp³-hybridized carbons (Fsp3) is 0.611. The first-order valence-electron chi connectivity index (χ1n) is 7.40. The Morgan fingerprint density at radius 2 is 1.52 bits per heavy atom. The Hall–Kier alpha value is -1.51. The number of rotatable bonds is 4. The van der Waals surface area contributed by atoms with Crippen LogP contribution in [0.4, 0.5) is 0 Å². The zero-order valence-electron chi connectivity index (χ0n) is 14.2. The molecule has 118 valence electrons. The molecule has 0 saturated carbocycles. The van der Waals surface area contributed by atoms with Gasteiger partial charge >= 0.3 is 5.97 Å². The molecule has 0 amide bonds.